The van der Waals surface area contributed by atoms with Crippen molar-refractivity contribution < 1.29 is 4.52 Å². The standard InChI is InChI=1S/C11H15NOS/c1-5-9-10(6-8(4)14)13-12-11(9)7(2)3/h5-7,14H,1H2,2-4H3/b8-6+. The Morgan fingerprint density at radius 3 is 2.64 bits per heavy atom. The maximum Gasteiger partial charge on any atom is 0.167 e. The van der Waals surface area contributed by atoms with Gasteiger partial charge in [0.1, 0.15) is 0 Å². The van der Waals surface area contributed by atoms with E-state index in [0.29, 0.717) is 5.92 Å². The summed E-state index contributed by atoms with van der Waals surface area (Å²) in [7, 11) is 0. The summed E-state index contributed by atoms with van der Waals surface area (Å²) in [5.74, 6) is 1.07. The smallest absolute Gasteiger partial charge is 0.167 e. The summed E-state index contributed by atoms with van der Waals surface area (Å²) in [6, 6.07) is 0. The second kappa shape index (κ2) is 4.51. The van der Waals surface area contributed by atoms with E-state index in [2.05, 4.69) is 38.2 Å². The van der Waals surface area contributed by atoms with Crippen LogP contribution in [0.3, 0.4) is 0 Å². The Morgan fingerprint density at radius 2 is 2.21 bits per heavy atom. The fourth-order valence-electron chi connectivity index (χ4n) is 1.24. The molecule has 0 bridgehead atoms. The second-order valence-corrected chi connectivity index (χ2v) is 4.20. The second-order valence-electron chi connectivity index (χ2n) is 3.49. The predicted molar refractivity (Wildman–Crippen MR) is 63.3 cm³/mol. The molecule has 3 heteroatoms. The number of hydrogen-bond acceptors (Lipinski definition) is 3. The van der Waals surface area contributed by atoms with Gasteiger partial charge in [0.05, 0.1) is 5.69 Å². The highest BCUT2D eigenvalue weighted by molar-refractivity contribution is 7.84. The van der Waals surface area contributed by atoms with Gasteiger partial charge in [0.2, 0.25) is 0 Å². The first-order valence-corrected chi connectivity index (χ1v) is 5.00. The van der Waals surface area contributed by atoms with Crippen LogP contribution in [0.4, 0.5) is 0 Å². The summed E-state index contributed by atoms with van der Waals surface area (Å²) in [6.07, 6.45) is 3.62. The molecule has 0 amide bonds. The lowest BCUT2D eigenvalue weighted by Gasteiger charge is -1.99. The van der Waals surface area contributed by atoms with Crippen LogP contribution in [0.15, 0.2) is 16.0 Å². The highest BCUT2D eigenvalue weighted by Crippen LogP contribution is 2.24. The summed E-state index contributed by atoms with van der Waals surface area (Å²) < 4.78 is 5.21. The van der Waals surface area contributed by atoms with E-state index in [0.717, 1.165) is 21.9 Å². The fourth-order valence-corrected chi connectivity index (χ4v) is 1.36. The third-order valence-electron chi connectivity index (χ3n) is 1.87. The first-order chi connectivity index (χ1) is 6.56. The fraction of sp³-hybridized carbons (Fsp3) is 0.364. The molecule has 0 aliphatic carbocycles. The molecule has 0 saturated carbocycles. The van der Waals surface area contributed by atoms with Crippen molar-refractivity contribution in [3.8, 4) is 0 Å². The van der Waals surface area contributed by atoms with E-state index >= 15 is 0 Å². The first kappa shape index (κ1) is 11.1. The van der Waals surface area contributed by atoms with Gasteiger partial charge in [0, 0.05) is 5.56 Å². The van der Waals surface area contributed by atoms with Crippen molar-refractivity contribution in [3.63, 3.8) is 0 Å². The number of nitrogens with zero attached hydrogens (tertiary/aromatic N) is 1. The van der Waals surface area contributed by atoms with E-state index in [4.69, 9.17) is 4.52 Å². The summed E-state index contributed by atoms with van der Waals surface area (Å²) in [5, 5.41) is 4.01. The molecule has 0 aliphatic rings. The molecular weight excluding hydrogens is 194 g/mol. The number of allylic oxidation sites excluding steroid dienone is 1. The summed E-state index contributed by atoms with van der Waals surface area (Å²) in [5.41, 5.74) is 1.91. The molecule has 0 N–H and O–H groups in total. The zero-order valence-corrected chi connectivity index (χ0v) is 9.64. The molecule has 0 aromatic carbocycles. The monoisotopic (exact) mass is 209 g/mol. The molecule has 1 heterocycles. The van der Waals surface area contributed by atoms with Crippen LogP contribution in [0.2, 0.25) is 0 Å². The van der Waals surface area contributed by atoms with Crippen LogP contribution in [0.1, 0.15) is 43.7 Å². The lowest BCUT2D eigenvalue weighted by molar-refractivity contribution is 0.402. The molecule has 14 heavy (non-hydrogen) atoms. The molecule has 0 saturated heterocycles. The molecule has 0 radical (unpaired) electrons. The first-order valence-electron chi connectivity index (χ1n) is 4.55. The van der Waals surface area contributed by atoms with E-state index in [-0.39, 0.29) is 0 Å². The van der Waals surface area contributed by atoms with Gasteiger partial charge in [0.15, 0.2) is 5.76 Å². The molecule has 0 spiro atoms. The van der Waals surface area contributed by atoms with Crippen molar-refractivity contribution >= 4 is 24.8 Å². The van der Waals surface area contributed by atoms with Crippen molar-refractivity contribution in [2.45, 2.75) is 26.7 Å². The Bertz CT molecular complexity index is 359. The Morgan fingerprint density at radius 1 is 1.57 bits per heavy atom. The van der Waals surface area contributed by atoms with Crippen molar-refractivity contribution in [2.24, 2.45) is 0 Å². The Labute approximate surface area is 90.1 Å². The highest BCUT2D eigenvalue weighted by atomic mass is 32.1. The minimum Gasteiger partial charge on any atom is -0.356 e. The minimum absolute atomic E-state index is 0.342. The molecule has 2 nitrogen and oxygen atoms in total. The van der Waals surface area contributed by atoms with Crippen LogP contribution >= 0.6 is 12.6 Å². The lowest BCUT2D eigenvalue weighted by Crippen LogP contribution is -1.89. The normalized spacial score (nSPS) is 12.2. The summed E-state index contributed by atoms with van der Waals surface area (Å²) in [4.78, 5) is 0.888. The van der Waals surface area contributed by atoms with Gasteiger partial charge in [0.25, 0.3) is 0 Å². The maximum absolute atomic E-state index is 5.21. The van der Waals surface area contributed by atoms with Gasteiger partial charge in [-0.2, -0.15) is 0 Å². The van der Waals surface area contributed by atoms with Crippen LogP contribution < -0.4 is 0 Å². The number of hydrogen-bond donors (Lipinski definition) is 1. The van der Waals surface area contributed by atoms with Crippen LogP contribution in [0, 0.1) is 0 Å². The van der Waals surface area contributed by atoms with Crippen molar-refractivity contribution in [1.82, 2.24) is 5.16 Å². The largest absolute Gasteiger partial charge is 0.356 e. The average Bonchev–Trinajstić information content (AvgIpc) is 2.46. The SMILES string of the molecule is C=Cc1c(C(C)C)noc1/C=C(\C)S. The number of thiol groups is 1. The minimum atomic E-state index is 0.342. The van der Waals surface area contributed by atoms with E-state index in [1.165, 1.54) is 0 Å². The van der Waals surface area contributed by atoms with Crippen molar-refractivity contribution in [3.05, 3.63) is 28.5 Å². The van der Waals surface area contributed by atoms with E-state index in [1.807, 2.05) is 13.0 Å². The van der Waals surface area contributed by atoms with Crippen LogP contribution in [-0.2, 0) is 0 Å². The third-order valence-corrected chi connectivity index (χ3v) is 2.00. The van der Waals surface area contributed by atoms with Crippen molar-refractivity contribution in [1.29, 1.82) is 0 Å². The predicted octanol–water partition coefficient (Wildman–Crippen LogP) is 3.73. The van der Waals surface area contributed by atoms with E-state index < -0.39 is 0 Å². The third kappa shape index (κ3) is 2.29. The molecule has 1 rings (SSSR count). The molecule has 76 valence electrons. The zero-order chi connectivity index (χ0) is 10.7. The lowest BCUT2D eigenvalue weighted by atomic mass is 10.0. The highest BCUT2D eigenvalue weighted by Gasteiger charge is 2.13. The molecule has 0 atom stereocenters. The van der Waals surface area contributed by atoms with Gasteiger partial charge in [-0.15, -0.1) is 12.6 Å². The van der Waals surface area contributed by atoms with Crippen LogP contribution in [-0.4, -0.2) is 5.16 Å². The Balaban J connectivity index is 3.20. The number of aromatic nitrogens is 1. The molecule has 0 unspecified atom stereocenters. The van der Waals surface area contributed by atoms with Gasteiger partial charge in [-0.25, -0.2) is 0 Å². The average molecular weight is 209 g/mol. The molecule has 1 aromatic rings. The van der Waals surface area contributed by atoms with E-state index in [1.54, 1.807) is 6.08 Å². The van der Waals surface area contributed by atoms with Gasteiger partial charge in [-0.3, -0.25) is 0 Å². The topological polar surface area (TPSA) is 26.0 Å². The van der Waals surface area contributed by atoms with Gasteiger partial charge in [-0.1, -0.05) is 31.7 Å². The molecule has 0 fully saturated rings. The van der Waals surface area contributed by atoms with Gasteiger partial charge < -0.3 is 4.52 Å². The molecule has 0 aliphatic heterocycles. The summed E-state index contributed by atoms with van der Waals surface area (Å²) >= 11 is 4.20. The maximum atomic E-state index is 5.21. The van der Waals surface area contributed by atoms with Crippen molar-refractivity contribution in [2.75, 3.05) is 0 Å². The zero-order valence-electron chi connectivity index (χ0n) is 8.74. The van der Waals surface area contributed by atoms with Crippen LogP contribution in [0.5, 0.6) is 0 Å². The molecular formula is C11H15NOS. The van der Waals surface area contributed by atoms with Gasteiger partial charge in [-0.05, 0) is 23.8 Å². The Kier molecular flexibility index (Phi) is 3.58. The van der Waals surface area contributed by atoms with Gasteiger partial charge >= 0.3 is 0 Å². The summed E-state index contributed by atoms with van der Waals surface area (Å²) in [6.45, 7) is 9.81. The van der Waals surface area contributed by atoms with E-state index in [9.17, 15) is 0 Å². The number of rotatable bonds is 3. The molecule has 1 aromatic heterocycles. The quantitative estimate of drug-likeness (QED) is 0.767. The Hall–Kier alpha value is -0.960. The van der Waals surface area contributed by atoms with Crippen LogP contribution in [0.25, 0.3) is 12.2 Å².